The number of aromatic amines is 1. The summed E-state index contributed by atoms with van der Waals surface area (Å²) in [4.78, 5) is 166. The van der Waals surface area contributed by atoms with Crippen LogP contribution in [0.4, 0.5) is 18.9 Å². The van der Waals surface area contributed by atoms with Crippen LogP contribution in [0.25, 0.3) is 10.9 Å². The van der Waals surface area contributed by atoms with Crippen LogP contribution in [0.5, 0.6) is 0 Å². The molecule has 0 aliphatic carbocycles. The number of nitrogens with zero attached hydrogens (tertiary/aromatic N) is 1. The Morgan fingerprint density at radius 3 is 2.17 bits per heavy atom. The van der Waals surface area contributed by atoms with E-state index >= 15 is 4.79 Å². The van der Waals surface area contributed by atoms with Crippen molar-refractivity contribution in [2.45, 2.75) is 120 Å². The van der Waals surface area contributed by atoms with Crippen molar-refractivity contribution in [3.63, 3.8) is 0 Å². The number of hydrogen-bond donors (Lipinski definition) is 10. The number of carbonyl (C=O) groups excluding carboxylic acids is 12. The standard InChI is InChI=1S/C46H59F3N10O15S/c1-6-19(2)37-42(70)52-14-35(65)54-30-18-75-43-27(26-8-7-24(11-28(26)56-43)53-45(72)46(47,48)49)9-23(39(67)51-15-36(66)57-37)10-32(63)38(20(3)33(74-22(5)61)17-73-21(4)60)58-41(69)31-12-25(62)16-59(31)44(71)29(13-34(50)64)55-40(30)68/h7-8,11,19-20,23,25,29-31,33,37-38,56,62H,6,9-10,12-18H2,1-5H3,(H2,50,64)(H,51,67)(H,52,70)(H,53,72)(H,54,65)(H,55,68)(H,57,66)(H,58,69)/t19-,20?,23?,25?,29?,30?,31-,33-,37-,38-/m0/s1. The van der Waals surface area contributed by atoms with Crippen molar-refractivity contribution in [3.8, 4) is 0 Å². The second kappa shape index (κ2) is 25.3. The molecule has 0 radical (unpaired) electrons. The van der Waals surface area contributed by atoms with Gasteiger partial charge in [-0.2, -0.15) is 13.2 Å². The zero-order chi connectivity index (χ0) is 55.6. The fourth-order valence-corrected chi connectivity index (χ4v) is 9.79. The Balaban J connectivity index is 1.77. The predicted molar refractivity (Wildman–Crippen MR) is 255 cm³/mol. The predicted octanol–water partition coefficient (Wildman–Crippen LogP) is -1.91. The number of alkyl halides is 3. The molecule has 5 unspecified atom stereocenters. The van der Waals surface area contributed by atoms with Gasteiger partial charge in [-0.05, 0) is 30.0 Å². The number of fused-ring (bicyclic) bond motifs is 5. The summed E-state index contributed by atoms with van der Waals surface area (Å²) in [5, 5.41) is 27.7. The first-order valence-corrected chi connectivity index (χ1v) is 24.7. The van der Waals surface area contributed by atoms with E-state index in [4.69, 9.17) is 15.2 Å². The lowest BCUT2D eigenvalue weighted by Crippen LogP contribution is -2.60. The van der Waals surface area contributed by atoms with Crippen LogP contribution in [-0.4, -0.2) is 166 Å². The fourth-order valence-electron chi connectivity index (χ4n) is 8.68. The van der Waals surface area contributed by atoms with Gasteiger partial charge in [0.15, 0.2) is 5.78 Å². The van der Waals surface area contributed by atoms with Crippen molar-refractivity contribution < 1.29 is 85.3 Å². The van der Waals surface area contributed by atoms with Crippen molar-refractivity contribution in [1.29, 1.82) is 0 Å². The molecule has 11 N–H and O–H groups in total. The van der Waals surface area contributed by atoms with Gasteiger partial charge in [-0.25, -0.2) is 0 Å². The average molecular weight is 1080 g/mol. The second-order valence-electron chi connectivity index (χ2n) is 18.4. The Morgan fingerprint density at radius 2 is 1.55 bits per heavy atom. The summed E-state index contributed by atoms with van der Waals surface area (Å²) in [6.07, 6.45) is -10.4. The number of ether oxygens (including phenoxy) is 2. The van der Waals surface area contributed by atoms with Gasteiger partial charge in [0, 0.05) is 67.4 Å². The molecule has 9 amide bonds. The number of H-pyrrole nitrogens is 1. The van der Waals surface area contributed by atoms with Gasteiger partial charge in [0.05, 0.1) is 36.7 Å². The summed E-state index contributed by atoms with van der Waals surface area (Å²) in [5.74, 6) is -17.0. The summed E-state index contributed by atoms with van der Waals surface area (Å²) in [7, 11) is 0. The molecule has 3 aliphatic rings. The summed E-state index contributed by atoms with van der Waals surface area (Å²) >= 11 is 0.791. The molecular weight excluding hydrogens is 1020 g/mol. The number of halogens is 3. The van der Waals surface area contributed by atoms with Gasteiger partial charge in [-0.1, -0.05) is 33.3 Å². The molecule has 2 aromatic rings. The number of aliphatic hydroxyl groups excluding tert-OH is 1. The molecule has 2 bridgehead atoms. The number of primary amides is 1. The van der Waals surface area contributed by atoms with Gasteiger partial charge in [-0.3, -0.25) is 57.5 Å². The average Bonchev–Trinajstić information content (AvgIpc) is 3.89. The Bertz CT molecular complexity index is 2600. The van der Waals surface area contributed by atoms with Crippen LogP contribution < -0.4 is 43.0 Å². The molecule has 29 heteroatoms. The van der Waals surface area contributed by atoms with Crippen molar-refractivity contribution in [2.24, 2.45) is 23.5 Å². The molecule has 75 heavy (non-hydrogen) atoms. The zero-order valence-electron chi connectivity index (χ0n) is 41.3. The molecule has 5 rings (SSSR count). The zero-order valence-corrected chi connectivity index (χ0v) is 42.1. The fraction of sp³-hybridized carbons (Fsp3) is 0.565. The smallest absolute Gasteiger partial charge is 0.462 e. The third-order valence-corrected chi connectivity index (χ3v) is 13.9. The molecule has 4 heterocycles. The quantitative estimate of drug-likeness (QED) is 0.116. The molecule has 1 fully saturated rings. The van der Waals surface area contributed by atoms with E-state index in [1.807, 2.05) is 0 Å². The van der Waals surface area contributed by atoms with E-state index in [0.29, 0.717) is 6.42 Å². The Hall–Kier alpha value is -7.30. The van der Waals surface area contributed by atoms with E-state index in [1.54, 1.807) is 19.2 Å². The SMILES string of the molecule is CC[C@H](C)[C@@H]1NC(=O)CNC(=O)C2CC(=O)[C@H](C(C)[C@H](COC(C)=O)OC(C)=O)NC(=O)[C@@H]3CC(O)CN3C(=O)C(CC(N)=O)NC(=O)C(CSc3[nH]c4cc(NC(=O)C(F)(F)F)ccc4c3C2)NC(=O)CNC1=O. The number of aromatic nitrogens is 1. The lowest BCUT2D eigenvalue weighted by atomic mass is 9.85. The maximum absolute atomic E-state index is 15.0. The maximum atomic E-state index is 15.0. The minimum absolute atomic E-state index is 0.0429. The van der Waals surface area contributed by atoms with Crippen LogP contribution in [0, 0.1) is 17.8 Å². The van der Waals surface area contributed by atoms with Crippen LogP contribution in [0.1, 0.15) is 65.9 Å². The highest BCUT2D eigenvalue weighted by Gasteiger charge is 2.46. The Labute approximate surface area is 430 Å². The topological polar surface area (TPSA) is 373 Å². The largest absolute Gasteiger partial charge is 0.471 e. The van der Waals surface area contributed by atoms with E-state index in [9.17, 15) is 71.0 Å². The third kappa shape index (κ3) is 15.6. The van der Waals surface area contributed by atoms with Gasteiger partial charge < -0.3 is 67.4 Å². The van der Waals surface area contributed by atoms with Gasteiger partial charge >= 0.3 is 24.0 Å². The van der Waals surface area contributed by atoms with Crippen molar-refractivity contribution in [2.75, 3.05) is 37.3 Å². The molecule has 1 aromatic carbocycles. The summed E-state index contributed by atoms with van der Waals surface area (Å²) in [5.41, 5.74) is 5.40. The van der Waals surface area contributed by atoms with Gasteiger partial charge in [0.25, 0.3) is 0 Å². The number of hydrogen-bond acceptors (Lipinski definition) is 16. The lowest BCUT2D eigenvalue weighted by molar-refractivity contribution is -0.167. The van der Waals surface area contributed by atoms with E-state index in [-0.39, 0.29) is 27.2 Å². The molecular formula is C46H59F3N10O15S. The Morgan fingerprint density at radius 1 is 0.880 bits per heavy atom. The molecule has 410 valence electrons. The van der Waals surface area contributed by atoms with Crippen LogP contribution >= 0.6 is 11.8 Å². The van der Waals surface area contributed by atoms with E-state index < -0.39 is 195 Å². The maximum Gasteiger partial charge on any atom is 0.471 e. The number of carbonyl (C=O) groups is 12. The summed E-state index contributed by atoms with van der Waals surface area (Å²) in [6, 6.07) is -4.72. The highest BCUT2D eigenvalue weighted by Crippen LogP contribution is 2.35. The highest BCUT2D eigenvalue weighted by molar-refractivity contribution is 7.99. The third-order valence-electron chi connectivity index (χ3n) is 12.8. The van der Waals surface area contributed by atoms with Gasteiger partial charge in [-0.15, -0.1) is 11.8 Å². The van der Waals surface area contributed by atoms with E-state index in [2.05, 4.69) is 36.9 Å². The number of Topliss-reactive ketones (excluding diaryl/α,β-unsaturated/α-hetero) is 1. The van der Waals surface area contributed by atoms with Crippen LogP contribution in [0.3, 0.4) is 0 Å². The molecule has 0 spiro atoms. The van der Waals surface area contributed by atoms with Crippen LogP contribution in [-0.2, 0) is 73.4 Å². The molecule has 1 aromatic heterocycles. The number of anilines is 1. The Kier molecular flexibility index (Phi) is 19.8. The number of thioether (sulfide) groups is 1. The molecule has 3 aliphatic heterocycles. The van der Waals surface area contributed by atoms with Crippen LogP contribution in [0.2, 0.25) is 0 Å². The van der Waals surface area contributed by atoms with Crippen molar-refractivity contribution >= 4 is 99.2 Å². The van der Waals surface area contributed by atoms with Crippen molar-refractivity contribution in [3.05, 3.63) is 23.8 Å². The number of nitrogens with one attached hydrogen (secondary N) is 8. The minimum Gasteiger partial charge on any atom is -0.462 e. The molecule has 10 atom stereocenters. The second-order valence-corrected chi connectivity index (χ2v) is 19.5. The number of aliphatic hydroxyl groups is 1. The first-order chi connectivity index (χ1) is 35.2. The monoisotopic (exact) mass is 1080 g/mol. The number of ketones is 1. The highest BCUT2D eigenvalue weighted by atomic mass is 32.2. The molecule has 1 saturated heterocycles. The lowest BCUT2D eigenvalue weighted by Gasteiger charge is -2.33. The number of nitrogens with two attached hydrogens (primary N) is 1. The molecule has 0 saturated carbocycles. The van der Waals surface area contributed by atoms with Gasteiger partial charge in [0.2, 0.25) is 47.3 Å². The van der Waals surface area contributed by atoms with E-state index in [0.717, 1.165) is 42.6 Å². The summed E-state index contributed by atoms with van der Waals surface area (Å²) < 4.78 is 50.6. The molecule has 25 nitrogen and oxygen atoms in total. The first-order valence-electron chi connectivity index (χ1n) is 23.7. The number of esters is 2. The summed E-state index contributed by atoms with van der Waals surface area (Å²) in [6.45, 7) is 4.00. The normalized spacial score (nSPS) is 25.1. The number of amides is 9. The van der Waals surface area contributed by atoms with Crippen molar-refractivity contribution in [1.82, 2.24) is 41.8 Å². The number of rotatable bonds is 10. The van der Waals surface area contributed by atoms with Crippen LogP contribution in [0.15, 0.2) is 23.2 Å². The first kappa shape index (κ1) is 58.6. The number of benzene rings is 1. The minimum atomic E-state index is -5.29. The van der Waals surface area contributed by atoms with E-state index in [1.165, 1.54) is 13.0 Å². The van der Waals surface area contributed by atoms with Gasteiger partial charge in [0.1, 0.15) is 36.9 Å².